The molecule has 2 unspecified atom stereocenters. The fourth-order valence-electron chi connectivity index (χ4n) is 4.51. The van der Waals surface area contributed by atoms with Gasteiger partial charge in [-0.3, -0.25) is 14.2 Å². The lowest BCUT2D eigenvalue weighted by Crippen LogP contribution is -2.40. The molecule has 1 aromatic carbocycles. The molecule has 2 rings (SSSR count). The number of hydrogen-bond acceptors (Lipinski definition) is 4. The third-order valence-electron chi connectivity index (χ3n) is 5.58. The van der Waals surface area contributed by atoms with E-state index in [1.54, 1.807) is 0 Å². The van der Waals surface area contributed by atoms with Crippen LogP contribution in [0.4, 0.5) is 0 Å². The lowest BCUT2D eigenvalue weighted by atomic mass is 9.82. The van der Waals surface area contributed by atoms with Gasteiger partial charge in [0.15, 0.2) is 13.8 Å². The number of primary amides is 1. The maximum absolute atomic E-state index is 11.8. The molecule has 4 N–H and O–H groups in total. The molecule has 0 heterocycles. The first-order chi connectivity index (χ1) is 12.3. The lowest BCUT2D eigenvalue weighted by Gasteiger charge is -2.28. The zero-order valence-electron chi connectivity index (χ0n) is 16.3. The Morgan fingerprint density at radius 2 is 1.81 bits per heavy atom. The summed E-state index contributed by atoms with van der Waals surface area (Å²) in [4.78, 5) is 22.7. The Labute approximate surface area is 161 Å². The maximum Gasteiger partial charge on any atom is 0.310 e. The number of aliphatic carboxylic acids is 1. The second-order valence-electron chi connectivity index (χ2n) is 8.87. The van der Waals surface area contributed by atoms with E-state index in [-0.39, 0.29) is 30.1 Å². The molecule has 0 aliphatic heterocycles. The van der Waals surface area contributed by atoms with Crippen molar-refractivity contribution in [1.82, 2.24) is 0 Å². The van der Waals surface area contributed by atoms with Crippen LogP contribution in [0.5, 0.6) is 0 Å². The summed E-state index contributed by atoms with van der Waals surface area (Å²) in [5.74, 6) is -3.32. The molecule has 1 aromatic rings. The molecule has 1 aliphatic carbocycles. The molecule has 0 spiro atoms. The molecule has 0 saturated heterocycles. The molecule has 6 nitrogen and oxygen atoms in total. The van der Waals surface area contributed by atoms with Gasteiger partial charge < -0.3 is 15.9 Å². The number of carboxylic acids is 1. The van der Waals surface area contributed by atoms with Crippen molar-refractivity contribution < 1.29 is 24.4 Å². The molecule has 0 fully saturated rings. The average Bonchev–Trinajstić information content (AvgIpc) is 2.71. The van der Waals surface area contributed by atoms with Crippen LogP contribution in [0, 0.1) is 5.92 Å². The molecule has 0 radical (unpaired) electrons. The van der Waals surface area contributed by atoms with Gasteiger partial charge in [0.2, 0.25) is 5.91 Å². The smallest absolute Gasteiger partial charge is 0.310 e. The van der Waals surface area contributed by atoms with E-state index in [0.717, 1.165) is 12.0 Å². The summed E-state index contributed by atoms with van der Waals surface area (Å²) < 4.78 is 11.8. The van der Waals surface area contributed by atoms with Crippen LogP contribution < -0.4 is 5.73 Å². The van der Waals surface area contributed by atoms with E-state index < -0.39 is 31.6 Å². The topological polar surface area (TPSA) is 118 Å². The minimum atomic E-state index is -2.01. The average molecular weight is 393 g/mol. The van der Waals surface area contributed by atoms with E-state index in [4.69, 9.17) is 5.73 Å². The van der Waals surface area contributed by atoms with Crippen molar-refractivity contribution in [2.24, 2.45) is 11.7 Å². The van der Waals surface area contributed by atoms with Gasteiger partial charge in [0.25, 0.3) is 0 Å². The highest BCUT2D eigenvalue weighted by Crippen LogP contribution is 2.49. The van der Waals surface area contributed by atoms with Gasteiger partial charge in [-0.25, -0.2) is 0 Å². The lowest BCUT2D eigenvalue weighted by molar-refractivity contribution is -0.147. The highest BCUT2D eigenvalue weighted by atomic mass is 31.1. The highest BCUT2D eigenvalue weighted by molar-refractivity contribution is 7.25. The van der Waals surface area contributed by atoms with Crippen molar-refractivity contribution >= 4 is 20.3 Å². The van der Waals surface area contributed by atoms with Gasteiger partial charge in [0.1, 0.15) is 0 Å². The first kappa shape index (κ1) is 21.5. The summed E-state index contributed by atoms with van der Waals surface area (Å²) >= 11 is 0. The fourth-order valence-corrected chi connectivity index (χ4v) is 5.12. The molecule has 2 atom stereocenters. The zero-order chi connectivity index (χ0) is 20.6. The third kappa shape index (κ3) is 4.39. The molecule has 1 aliphatic rings. The number of amides is 1. The Bertz CT molecular complexity index is 774. The summed E-state index contributed by atoms with van der Waals surface area (Å²) in [5.41, 5.74) is 8.22. The van der Waals surface area contributed by atoms with E-state index in [1.807, 2.05) is 18.2 Å². The second-order valence-corrected chi connectivity index (χ2v) is 9.82. The van der Waals surface area contributed by atoms with E-state index in [1.165, 1.54) is 11.1 Å². The summed E-state index contributed by atoms with van der Waals surface area (Å²) in [6.45, 7) is 8.71. The van der Waals surface area contributed by atoms with Crippen molar-refractivity contribution in [1.29, 1.82) is 0 Å². The summed E-state index contributed by atoms with van der Waals surface area (Å²) in [5, 5.41) is 18.3. The SMILES string of the molecule is CC1(C)CC(C)(C)c2cc(CC(O)(P=O)C(CCC(N)=O)C(=O)O)ccc21. The first-order valence-corrected chi connectivity index (χ1v) is 9.85. The Morgan fingerprint density at radius 3 is 2.33 bits per heavy atom. The number of carbonyl (C=O) groups excluding carboxylic acids is 1. The normalized spacial score (nSPS) is 20.6. The summed E-state index contributed by atoms with van der Waals surface area (Å²) in [6, 6.07) is 5.85. The van der Waals surface area contributed by atoms with Crippen LogP contribution in [0.3, 0.4) is 0 Å². The monoisotopic (exact) mass is 393 g/mol. The Balaban J connectivity index is 2.37. The number of aliphatic hydroxyl groups is 1. The van der Waals surface area contributed by atoms with Crippen LogP contribution in [-0.4, -0.2) is 27.4 Å². The van der Waals surface area contributed by atoms with Gasteiger partial charge in [0, 0.05) is 12.8 Å². The van der Waals surface area contributed by atoms with E-state index in [0.29, 0.717) is 0 Å². The van der Waals surface area contributed by atoms with Gasteiger partial charge >= 0.3 is 5.97 Å². The molecule has 1 amide bonds. The van der Waals surface area contributed by atoms with Crippen molar-refractivity contribution in [3.05, 3.63) is 34.9 Å². The molecular weight excluding hydrogens is 365 g/mol. The largest absolute Gasteiger partial charge is 0.481 e. The predicted molar refractivity (Wildman–Crippen MR) is 103 cm³/mol. The van der Waals surface area contributed by atoms with Crippen LogP contribution in [0.15, 0.2) is 18.2 Å². The van der Waals surface area contributed by atoms with Gasteiger partial charge in [-0.15, -0.1) is 0 Å². The molecule has 27 heavy (non-hydrogen) atoms. The molecule has 7 heteroatoms. The number of fused-ring (bicyclic) bond motifs is 1. The Kier molecular flexibility index (Phi) is 5.84. The second kappa shape index (κ2) is 7.33. The Hall–Kier alpha value is -1.78. The van der Waals surface area contributed by atoms with Gasteiger partial charge in [-0.05, 0) is 40.4 Å². The van der Waals surface area contributed by atoms with Gasteiger partial charge in [-0.2, -0.15) is 0 Å². The number of carbonyl (C=O) groups is 2. The van der Waals surface area contributed by atoms with E-state index in [9.17, 15) is 24.4 Å². The summed E-state index contributed by atoms with van der Waals surface area (Å²) in [7, 11) is -0.689. The van der Waals surface area contributed by atoms with Crippen molar-refractivity contribution in [3.8, 4) is 0 Å². The van der Waals surface area contributed by atoms with Crippen LogP contribution in [0.2, 0.25) is 0 Å². The quantitative estimate of drug-likeness (QED) is 0.587. The molecule has 0 aromatic heterocycles. The van der Waals surface area contributed by atoms with Crippen LogP contribution in [-0.2, 0) is 31.4 Å². The fraction of sp³-hybridized carbons (Fsp3) is 0.600. The van der Waals surface area contributed by atoms with Crippen LogP contribution in [0.25, 0.3) is 0 Å². The van der Waals surface area contributed by atoms with Crippen molar-refractivity contribution in [3.63, 3.8) is 0 Å². The molecule has 0 bridgehead atoms. The van der Waals surface area contributed by atoms with Gasteiger partial charge in [0.05, 0.1) is 5.92 Å². The first-order valence-electron chi connectivity index (χ1n) is 9.04. The van der Waals surface area contributed by atoms with Crippen LogP contribution in [0.1, 0.15) is 63.6 Å². The molecular formula is C20H28NO5P. The summed E-state index contributed by atoms with van der Waals surface area (Å²) in [6.07, 6.45) is 0.539. The van der Waals surface area contributed by atoms with E-state index >= 15 is 0 Å². The number of benzene rings is 1. The van der Waals surface area contributed by atoms with Crippen molar-refractivity contribution in [2.75, 3.05) is 0 Å². The van der Waals surface area contributed by atoms with Crippen LogP contribution >= 0.6 is 8.46 Å². The Morgan fingerprint density at radius 1 is 1.22 bits per heavy atom. The van der Waals surface area contributed by atoms with E-state index in [2.05, 4.69) is 27.7 Å². The van der Waals surface area contributed by atoms with Crippen molar-refractivity contribution in [2.45, 2.75) is 69.6 Å². The molecule has 0 saturated carbocycles. The molecule has 148 valence electrons. The number of nitrogens with two attached hydrogens (primary N) is 1. The number of carboxylic acid groups (broad SMARTS) is 1. The maximum atomic E-state index is 11.8. The third-order valence-corrected chi connectivity index (χ3v) is 6.37. The zero-order valence-corrected chi connectivity index (χ0v) is 17.2. The minimum absolute atomic E-state index is 0.0372. The highest BCUT2D eigenvalue weighted by Gasteiger charge is 2.45. The predicted octanol–water partition coefficient (Wildman–Crippen LogP) is 3.13. The number of hydrogen-bond donors (Lipinski definition) is 3. The van der Waals surface area contributed by atoms with Gasteiger partial charge in [-0.1, -0.05) is 45.9 Å². The minimum Gasteiger partial charge on any atom is -0.481 e. The number of rotatable bonds is 8. The standard InChI is InChI=1S/C20H28NO5P/c1-18(2)11-19(3,4)15-9-12(5-6-13(15)18)10-20(25,27-26)14(17(23)24)7-8-16(21)22/h5-6,9,14,25H,7-8,10-11H2,1-4H3,(H2,21,22)(H,23,24).